The molecular weight excluding hydrogens is 370 g/mol. The van der Waals surface area contributed by atoms with Gasteiger partial charge in [-0.05, 0) is 53.5 Å². The Kier molecular flexibility index (Phi) is 6.71. The van der Waals surface area contributed by atoms with Crippen LogP contribution in [0.2, 0.25) is 0 Å². The first-order chi connectivity index (χ1) is 13.2. The summed E-state index contributed by atoms with van der Waals surface area (Å²) >= 11 is 0. The average molecular weight is 396 g/mol. The fraction of sp³-hybridized carbons (Fsp3) is 0.292. The van der Waals surface area contributed by atoms with Crippen molar-refractivity contribution in [2.24, 2.45) is 0 Å². The van der Waals surface area contributed by atoms with Gasteiger partial charge in [0.2, 0.25) is 0 Å². The standard InChI is InChI=1S/C24H25NO2.ClH/c26-24(27)20-9-5-15-25(17-20)16-6-12-23-21-10-3-1-7-18(21)13-14-19-8-2-4-11-22(19)23;/h1-4,7-12H,5-6,13-17H2,(H,26,27);1H. The molecule has 2 aromatic rings. The second-order valence-corrected chi connectivity index (χ2v) is 7.32. The lowest BCUT2D eigenvalue weighted by Gasteiger charge is -2.25. The minimum atomic E-state index is -0.787. The van der Waals surface area contributed by atoms with E-state index in [1.165, 1.54) is 27.8 Å². The minimum absolute atomic E-state index is 0. The van der Waals surface area contributed by atoms with Crippen LogP contribution >= 0.6 is 12.4 Å². The van der Waals surface area contributed by atoms with Crippen LogP contribution in [-0.2, 0) is 17.6 Å². The summed E-state index contributed by atoms with van der Waals surface area (Å²) in [6.45, 7) is 2.37. The molecule has 2 aromatic carbocycles. The smallest absolute Gasteiger partial charge is 0.332 e. The van der Waals surface area contributed by atoms with E-state index in [-0.39, 0.29) is 12.4 Å². The molecular formula is C24H26ClNO2. The molecule has 0 saturated carbocycles. The number of carboxylic acid groups (broad SMARTS) is 1. The number of hydrogen-bond acceptors (Lipinski definition) is 2. The van der Waals surface area contributed by atoms with E-state index in [0.717, 1.165) is 38.8 Å². The highest BCUT2D eigenvalue weighted by Gasteiger charge is 2.19. The van der Waals surface area contributed by atoms with Crippen LogP contribution in [0.25, 0.3) is 5.57 Å². The summed E-state index contributed by atoms with van der Waals surface area (Å²) < 4.78 is 0. The van der Waals surface area contributed by atoms with Crippen LogP contribution in [0.4, 0.5) is 0 Å². The van der Waals surface area contributed by atoms with E-state index in [9.17, 15) is 9.90 Å². The topological polar surface area (TPSA) is 40.5 Å². The molecule has 146 valence electrons. The maximum atomic E-state index is 11.2. The van der Waals surface area contributed by atoms with Crippen LogP contribution < -0.4 is 0 Å². The Balaban J connectivity index is 0.00000225. The number of nitrogens with zero attached hydrogens (tertiary/aromatic N) is 1. The molecule has 0 aromatic heterocycles. The summed E-state index contributed by atoms with van der Waals surface area (Å²) in [5.74, 6) is -0.787. The SMILES string of the molecule is Cl.O=C(O)C1=CCCN(CCC=C2c3ccccc3CCc3ccccc32)C1. The van der Waals surface area contributed by atoms with Gasteiger partial charge in [-0.15, -0.1) is 12.4 Å². The summed E-state index contributed by atoms with van der Waals surface area (Å²) in [5.41, 5.74) is 7.35. The number of aryl methyl sites for hydroxylation is 2. The van der Waals surface area contributed by atoms with Gasteiger partial charge in [-0.1, -0.05) is 60.7 Å². The fourth-order valence-corrected chi connectivity index (χ4v) is 4.18. The first-order valence-electron chi connectivity index (χ1n) is 9.74. The summed E-state index contributed by atoms with van der Waals surface area (Å²) in [4.78, 5) is 13.5. The van der Waals surface area contributed by atoms with Crippen molar-refractivity contribution in [3.63, 3.8) is 0 Å². The third-order valence-electron chi connectivity index (χ3n) is 5.58. The van der Waals surface area contributed by atoms with Crippen LogP contribution in [0.15, 0.2) is 66.3 Å². The number of fused-ring (bicyclic) bond motifs is 2. The maximum absolute atomic E-state index is 11.2. The van der Waals surface area contributed by atoms with Crippen molar-refractivity contribution >= 4 is 23.9 Å². The van der Waals surface area contributed by atoms with E-state index in [0.29, 0.717) is 12.1 Å². The normalized spacial score (nSPS) is 16.1. The molecule has 3 nitrogen and oxygen atoms in total. The molecule has 0 saturated heterocycles. The third-order valence-corrected chi connectivity index (χ3v) is 5.58. The Bertz CT molecular complexity index is 867. The number of carboxylic acids is 1. The van der Waals surface area contributed by atoms with E-state index >= 15 is 0 Å². The molecule has 0 unspecified atom stereocenters. The summed E-state index contributed by atoms with van der Waals surface area (Å²) in [6, 6.07) is 17.4. The van der Waals surface area contributed by atoms with Crippen LogP contribution in [0, 0.1) is 0 Å². The zero-order valence-corrected chi connectivity index (χ0v) is 16.8. The van der Waals surface area contributed by atoms with Gasteiger partial charge in [0, 0.05) is 25.2 Å². The summed E-state index contributed by atoms with van der Waals surface area (Å²) in [6.07, 6.45) is 8.10. The average Bonchev–Trinajstić information content (AvgIpc) is 2.86. The van der Waals surface area contributed by atoms with E-state index in [1.54, 1.807) is 0 Å². The second kappa shape index (κ2) is 9.22. The Morgan fingerprint density at radius 1 is 1.00 bits per heavy atom. The molecule has 2 aliphatic rings. The number of carbonyl (C=O) groups is 1. The van der Waals surface area contributed by atoms with E-state index in [1.807, 2.05) is 6.08 Å². The van der Waals surface area contributed by atoms with Crippen molar-refractivity contribution in [2.45, 2.75) is 25.7 Å². The second-order valence-electron chi connectivity index (χ2n) is 7.32. The van der Waals surface area contributed by atoms with E-state index < -0.39 is 5.97 Å². The van der Waals surface area contributed by atoms with Crippen molar-refractivity contribution in [2.75, 3.05) is 19.6 Å². The Morgan fingerprint density at radius 2 is 1.61 bits per heavy atom. The largest absolute Gasteiger partial charge is 0.478 e. The highest BCUT2D eigenvalue weighted by molar-refractivity contribution is 5.87. The van der Waals surface area contributed by atoms with Crippen molar-refractivity contribution < 1.29 is 9.90 Å². The minimum Gasteiger partial charge on any atom is -0.478 e. The fourth-order valence-electron chi connectivity index (χ4n) is 4.18. The Morgan fingerprint density at radius 3 is 2.21 bits per heavy atom. The molecule has 1 aliphatic carbocycles. The Hall–Kier alpha value is -2.36. The van der Waals surface area contributed by atoms with Crippen LogP contribution in [-0.4, -0.2) is 35.6 Å². The van der Waals surface area contributed by atoms with Crippen LogP contribution in [0.5, 0.6) is 0 Å². The van der Waals surface area contributed by atoms with Gasteiger partial charge in [-0.25, -0.2) is 4.79 Å². The Labute approximate surface area is 172 Å². The molecule has 1 heterocycles. The highest BCUT2D eigenvalue weighted by Crippen LogP contribution is 2.33. The van der Waals surface area contributed by atoms with E-state index in [4.69, 9.17) is 0 Å². The van der Waals surface area contributed by atoms with Crippen LogP contribution in [0.3, 0.4) is 0 Å². The molecule has 1 N–H and O–H groups in total. The van der Waals surface area contributed by atoms with Crippen molar-refractivity contribution in [3.8, 4) is 0 Å². The van der Waals surface area contributed by atoms with Crippen molar-refractivity contribution in [1.29, 1.82) is 0 Å². The van der Waals surface area contributed by atoms with Crippen molar-refractivity contribution in [1.82, 2.24) is 4.90 Å². The number of benzene rings is 2. The molecule has 4 rings (SSSR count). The summed E-state index contributed by atoms with van der Waals surface area (Å²) in [7, 11) is 0. The molecule has 0 radical (unpaired) electrons. The molecule has 0 atom stereocenters. The lowest BCUT2D eigenvalue weighted by Crippen LogP contribution is -2.32. The number of rotatable bonds is 4. The lowest BCUT2D eigenvalue weighted by molar-refractivity contribution is -0.133. The van der Waals surface area contributed by atoms with Crippen molar-refractivity contribution in [3.05, 3.63) is 88.5 Å². The van der Waals surface area contributed by atoms with Gasteiger partial charge < -0.3 is 5.11 Å². The van der Waals surface area contributed by atoms with Gasteiger partial charge in [-0.3, -0.25) is 4.90 Å². The van der Waals surface area contributed by atoms with Gasteiger partial charge in [0.05, 0.1) is 0 Å². The summed E-state index contributed by atoms with van der Waals surface area (Å²) in [5, 5.41) is 9.23. The molecule has 0 bridgehead atoms. The van der Waals surface area contributed by atoms with Gasteiger partial charge in [0.15, 0.2) is 0 Å². The quantitative estimate of drug-likeness (QED) is 0.812. The molecule has 4 heteroatoms. The van der Waals surface area contributed by atoms with Gasteiger partial charge >= 0.3 is 5.97 Å². The molecule has 0 fully saturated rings. The predicted molar refractivity (Wildman–Crippen MR) is 116 cm³/mol. The predicted octanol–water partition coefficient (Wildman–Crippen LogP) is 4.75. The number of hydrogen-bond donors (Lipinski definition) is 1. The maximum Gasteiger partial charge on any atom is 0.332 e. The van der Waals surface area contributed by atoms with E-state index in [2.05, 4.69) is 59.5 Å². The van der Waals surface area contributed by atoms with Gasteiger partial charge in [0.1, 0.15) is 0 Å². The molecule has 28 heavy (non-hydrogen) atoms. The number of halogens is 1. The molecule has 1 aliphatic heterocycles. The zero-order chi connectivity index (χ0) is 18.6. The first kappa shape index (κ1) is 20.4. The molecule has 0 spiro atoms. The number of aliphatic carboxylic acids is 1. The zero-order valence-electron chi connectivity index (χ0n) is 15.9. The molecule has 0 amide bonds. The first-order valence-corrected chi connectivity index (χ1v) is 9.74. The lowest BCUT2D eigenvalue weighted by atomic mass is 9.93. The van der Waals surface area contributed by atoms with Gasteiger partial charge in [-0.2, -0.15) is 0 Å². The van der Waals surface area contributed by atoms with Gasteiger partial charge in [0.25, 0.3) is 0 Å². The highest BCUT2D eigenvalue weighted by atomic mass is 35.5. The van der Waals surface area contributed by atoms with Crippen LogP contribution in [0.1, 0.15) is 35.1 Å². The third kappa shape index (κ3) is 4.37. The monoisotopic (exact) mass is 395 g/mol.